The molecule has 3 aromatic rings. The maximum absolute atomic E-state index is 12.6. The van der Waals surface area contributed by atoms with E-state index >= 15 is 0 Å². The zero-order chi connectivity index (χ0) is 19.7. The third-order valence-electron chi connectivity index (χ3n) is 4.57. The first-order chi connectivity index (χ1) is 13.5. The Balaban J connectivity index is 1.54. The maximum atomic E-state index is 12.6. The molecule has 1 unspecified atom stereocenters. The molecular weight excluding hydrogens is 376 g/mol. The van der Waals surface area contributed by atoms with Gasteiger partial charge < -0.3 is 16.0 Å². The lowest BCUT2D eigenvalue weighted by atomic mass is 10.1. The first-order valence-corrected chi connectivity index (χ1v) is 9.01. The number of carbonyl (C=O) groups excluding carboxylic acids is 2. The highest BCUT2D eigenvalue weighted by Gasteiger charge is 2.26. The fraction of sp³-hybridized carbons (Fsp3) is 0.0952. The van der Waals surface area contributed by atoms with Crippen LogP contribution in [0.3, 0.4) is 0 Å². The van der Waals surface area contributed by atoms with Gasteiger partial charge in [-0.15, -0.1) is 0 Å². The van der Waals surface area contributed by atoms with Gasteiger partial charge in [0, 0.05) is 16.8 Å². The minimum atomic E-state index is -0.730. The van der Waals surface area contributed by atoms with Crippen molar-refractivity contribution in [3.8, 4) is 6.07 Å². The molecular formula is C21H15ClN4O2. The Morgan fingerprint density at radius 3 is 2.61 bits per heavy atom. The van der Waals surface area contributed by atoms with Crippen molar-refractivity contribution in [3.05, 3.63) is 65.2 Å². The van der Waals surface area contributed by atoms with Crippen molar-refractivity contribution in [2.45, 2.75) is 12.5 Å². The molecule has 138 valence electrons. The van der Waals surface area contributed by atoms with Gasteiger partial charge in [-0.25, -0.2) is 0 Å². The zero-order valence-electron chi connectivity index (χ0n) is 14.6. The second-order valence-corrected chi connectivity index (χ2v) is 6.86. The monoisotopic (exact) mass is 390 g/mol. The highest BCUT2D eigenvalue weighted by Crippen LogP contribution is 2.33. The lowest BCUT2D eigenvalue weighted by Crippen LogP contribution is -2.36. The predicted octanol–water partition coefficient (Wildman–Crippen LogP) is 4.13. The van der Waals surface area contributed by atoms with E-state index in [4.69, 9.17) is 16.9 Å². The Bertz CT molecular complexity index is 1150. The molecule has 28 heavy (non-hydrogen) atoms. The topological polar surface area (TPSA) is 94.0 Å². The van der Waals surface area contributed by atoms with Crippen LogP contribution in [0.5, 0.6) is 0 Å². The number of rotatable bonds is 3. The van der Waals surface area contributed by atoms with E-state index in [0.717, 1.165) is 16.5 Å². The van der Waals surface area contributed by atoms with Crippen LogP contribution < -0.4 is 16.0 Å². The van der Waals surface area contributed by atoms with E-state index in [0.29, 0.717) is 16.9 Å². The molecule has 3 N–H and O–H groups in total. The van der Waals surface area contributed by atoms with Gasteiger partial charge in [0.1, 0.15) is 12.1 Å². The SMILES string of the molecule is N#Cc1ccc(NC(=O)CC2Nc3cccc4cccc(c34)NC2=O)cc1Cl. The molecule has 0 aromatic heterocycles. The first-order valence-electron chi connectivity index (χ1n) is 8.64. The minimum absolute atomic E-state index is 0.0617. The van der Waals surface area contributed by atoms with Crippen LogP contribution in [0.25, 0.3) is 10.8 Å². The normalized spacial score (nSPS) is 15.1. The van der Waals surface area contributed by atoms with Crippen LogP contribution in [-0.4, -0.2) is 17.9 Å². The Labute approximate surface area is 166 Å². The van der Waals surface area contributed by atoms with E-state index in [1.807, 2.05) is 42.5 Å². The van der Waals surface area contributed by atoms with Gasteiger partial charge in [0.2, 0.25) is 11.8 Å². The number of hydrogen-bond donors (Lipinski definition) is 3. The summed E-state index contributed by atoms with van der Waals surface area (Å²) in [4.78, 5) is 25.1. The van der Waals surface area contributed by atoms with Crippen molar-refractivity contribution in [1.29, 1.82) is 5.26 Å². The molecule has 7 heteroatoms. The molecule has 0 aliphatic carbocycles. The number of nitriles is 1. The fourth-order valence-electron chi connectivity index (χ4n) is 3.26. The molecule has 0 spiro atoms. The van der Waals surface area contributed by atoms with Crippen LogP contribution >= 0.6 is 11.6 Å². The molecule has 0 saturated carbocycles. The van der Waals surface area contributed by atoms with Crippen molar-refractivity contribution < 1.29 is 9.59 Å². The summed E-state index contributed by atoms with van der Waals surface area (Å²) in [6, 6.07) is 17.3. The molecule has 0 radical (unpaired) electrons. The minimum Gasteiger partial charge on any atom is -0.373 e. The molecule has 6 nitrogen and oxygen atoms in total. The molecule has 4 rings (SSSR count). The zero-order valence-corrected chi connectivity index (χ0v) is 15.4. The van der Waals surface area contributed by atoms with Gasteiger partial charge in [0.15, 0.2) is 0 Å². The summed E-state index contributed by atoms with van der Waals surface area (Å²) in [5.74, 6) is -0.622. The average Bonchev–Trinajstić information content (AvgIpc) is 2.80. The molecule has 3 aromatic carbocycles. The second kappa shape index (κ2) is 7.22. The van der Waals surface area contributed by atoms with Gasteiger partial charge in [0.05, 0.1) is 22.7 Å². The summed E-state index contributed by atoms with van der Waals surface area (Å²) in [6.07, 6.45) is -0.0617. The highest BCUT2D eigenvalue weighted by atomic mass is 35.5. The van der Waals surface area contributed by atoms with Crippen LogP contribution in [0.15, 0.2) is 54.6 Å². The summed E-state index contributed by atoms with van der Waals surface area (Å²) in [7, 11) is 0. The van der Waals surface area contributed by atoms with Crippen molar-refractivity contribution >= 4 is 51.2 Å². The number of nitrogens with one attached hydrogen (secondary N) is 3. The summed E-state index contributed by atoms with van der Waals surface area (Å²) < 4.78 is 0. The number of hydrogen-bond acceptors (Lipinski definition) is 4. The van der Waals surface area contributed by atoms with Crippen molar-refractivity contribution in [3.63, 3.8) is 0 Å². The summed E-state index contributed by atoms with van der Waals surface area (Å²) in [5.41, 5.74) is 2.31. The van der Waals surface area contributed by atoms with Gasteiger partial charge >= 0.3 is 0 Å². The van der Waals surface area contributed by atoms with Gasteiger partial charge in [0.25, 0.3) is 0 Å². The highest BCUT2D eigenvalue weighted by molar-refractivity contribution is 6.32. The number of carbonyl (C=O) groups is 2. The van der Waals surface area contributed by atoms with E-state index in [1.54, 1.807) is 6.07 Å². The number of halogens is 1. The number of amides is 2. The van der Waals surface area contributed by atoms with Gasteiger partial charge in [-0.1, -0.05) is 35.9 Å². The molecule has 1 aliphatic heterocycles. The van der Waals surface area contributed by atoms with Crippen LogP contribution in [0, 0.1) is 11.3 Å². The lowest BCUT2D eigenvalue weighted by Gasteiger charge is -2.16. The molecule has 1 heterocycles. The molecule has 0 saturated heterocycles. The number of anilines is 3. The van der Waals surface area contributed by atoms with Crippen LogP contribution in [-0.2, 0) is 9.59 Å². The largest absolute Gasteiger partial charge is 0.373 e. The van der Waals surface area contributed by atoms with E-state index in [-0.39, 0.29) is 23.3 Å². The quantitative estimate of drug-likeness (QED) is 0.626. The van der Waals surface area contributed by atoms with E-state index in [1.165, 1.54) is 12.1 Å². The molecule has 2 amide bonds. The van der Waals surface area contributed by atoms with Gasteiger partial charge in [-0.3, -0.25) is 9.59 Å². The van der Waals surface area contributed by atoms with E-state index < -0.39 is 6.04 Å². The van der Waals surface area contributed by atoms with Gasteiger partial charge in [-0.05, 0) is 35.7 Å². The lowest BCUT2D eigenvalue weighted by molar-refractivity contribution is -0.121. The van der Waals surface area contributed by atoms with Crippen LogP contribution in [0.4, 0.5) is 17.1 Å². The summed E-state index contributed by atoms with van der Waals surface area (Å²) >= 11 is 6.00. The number of nitrogens with zero attached hydrogens (tertiary/aromatic N) is 1. The van der Waals surface area contributed by atoms with E-state index in [9.17, 15) is 9.59 Å². The van der Waals surface area contributed by atoms with Crippen molar-refractivity contribution in [1.82, 2.24) is 0 Å². The number of benzene rings is 3. The smallest absolute Gasteiger partial charge is 0.247 e. The Kier molecular flexibility index (Phi) is 4.60. The predicted molar refractivity (Wildman–Crippen MR) is 109 cm³/mol. The van der Waals surface area contributed by atoms with Crippen LogP contribution in [0.1, 0.15) is 12.0 Å². The first kappa shape index (κ1) is 17.8. The maximum Gasteiger partial charge on any atom is 0.247 e. The van der Waals surface area contributed by atoms with E-state index in [2.05, 4.69) is 16.0 Å². The molecule has 0 bridgehead atoms. The Morgan fingerprint density at radius 2 is 1.89 bits per heavy atom. The van der Waals surface area contributed by atoms with Crippen LogP contribution in [0.2, 0.25) is 5.02 Å². The third-order valence-corrected chi connectivity index (χ3v) is 4.88. The van der Waals surface area contributed by atoms with Gasteiger partial charge in [-0.2, -0.15) is 5.26 Å². The average molecular weight is 391 g/mol. The summed E-state index contributed by atoms with van der Waals surface area (Å²) in [6.45, 7) is 0. The summed E-state index contributed by atoms with van der Waals surface area (Å²) in [5, 5.41) is 19.9. The molecule has 1 aliphatic rings. The standard InChI is InChI=1S/C21H15ClN4O2/c22-15-9-14(8-7-13(15)11-23)24-19(27)10-18-21(28)26-17-6-2-4-12-3-1-5-16(25-18)20(12)17/h1-9,18,25H,10H2,(H,24,27)(H,26,28). The molecule has 0 fully saturated rings. The second-order valence-electron chi connectivity index (χ2n) is 6.45. The fourth-order valence-corrected chi connectivity index (χ4v) is 3.49. The Hall–Kier alpha value is -3.56. The third kappa shape index (κ3) is 3.36. The Morgan fingerprint density at radius 1 is 1.14 bits per heavy atom. The van der Waals surface area contributed by atoms with Crippen molar-refractivity contribution in [2.75, 3.05) is 16.0 Å². The molecule has 1 atom stereocenters. The van der Waals surface area contributed by atoms with Crippen molar-refractivity contribution in [2.24, 2.45) is 0 Å².